The van der Waals surface area contributed by atoms with E-state index in [-0.39, 0.29) is 17.3 Å². The summed E-state index contributed by atoms with van der Waals surface area (Å²) >= 11 is 6.55. The summed E-state index contributed by atoms with van der Waals surface area (Å²) in [6.45, 7) is 9.37. The first-order chi connectivity index (χ1) is 27.5. The molecule has 2 saturated carbocycles. The molecule has 3 aliphatic carbocycles. The van der Waals surface area contributed by atoms with Gasteiger partial charge in [0.2, 0.25) is 10.0 Å². The van der Waals surface area contributed by atoms with Gasteiger partial charge in [-0.3, -0.25) is 14.6 Å². The Balaban J connectivity index is 1.11. The van der Waals surface area contributed by atoms with Crippen LogP contribution >= 0.6 is 11.6 Å². The summed E-state index contributed by atoms with van der Waals surface area (Å²) in [6.07, 6.45) is 18.1. The van der Waals surface area contributed by atoms with Crippen molar-refractivity contribution in [3.8, 4) is 5.75 Å². The highest BCUT2D eigenvalue weighted by molar-refractivity contribution is 7.90. The molecule has 9 nitrogen and oxygen atoms in total. The molecular weight excluding hydrogens is 756 g/mol. The van der Waals surface area contributed by atoms with Gasteiger partial charge in [0, 0.05) is 68.4 Å². The number of allylic oxidation sites excluding steroid dienone is 1. The van der Waals surface area contributed by atoms with Gasteiger partial charge in [0.25, 0.3) is 5.91 Å². The van der Waals surface area contributed by atoms with Crippen molar-refractivity contribution in [3.63, 3.8) is 0 Å². The topological polar surface area (TPSA) is 91.4 Å². The van der Waals surface area contributed by atoms with Crippen molar-refractivity contribution < 1.29 is 22.7 Å². The predicted octanol–water partition coefficient (Wildman–Crippen LogP) is 7.61. The molecule has 7 atom stereocenters. The van der Waals surface area contributed by atoms with Gasteiger partial charge in [0.05, 0.1) is 17.5 Å². The Morgan fingerprint density at radius 1 is 0.982 bits per heavy atom. The summed E-state index contributed by atoms with van der Waals surface area (Å²) < 4.78 is 44.8. The Bertz CT molecular complexity index is 1960. The number of halogens is 1. The highest BCUT2D eigenvalue weighted by atomic mass is 35.5. The average molecular weight is 820 g/mol. The first-order valence-corrected chi connectivity index (χ1v) is 24.0. The number of aryl methyl sites for hydroxylation is 1. The molecule has 2 aromatic carbocycles. The molecule has 4 aliphatic heterocycles. The molecule has 2 bridgehead atoms. The molecule has 2 aromatic rings. The van der Waals surface area contributed by atoms with Gasteiger partial charge < -0.3 is 14.4 Å². The van der Waals surface area contributed by atoms with Crippen LogP contribution in [-0.4, -0.2) is 101 Å². The first-order valence-electron chi connectivity index (χ1n) is 22.1. The molecule has 57 heavy (non-hydrogen) atoms. The second-order valence-electron chi connectivity index (χ2n) is 19.0. The standard InChI is InChI=1S/C46H63ClN4O5S/c1-32-8-6-20-46(55-2,30-49-22-23-50-21-4-3-12-38(50)28-49)40-16-13-36(40)27-51-29-45(19-7-11-34-25-37(47)15-17-39(34)45)31-56-42-18-14-35(26-41(42)51)44(52)48-57(53,54)43(32)24-33-9-5-10-33/h6,14-15,17-18,20,25-26,32-33,36,38,40,43H,3-5,7-13,16,19,21-24,27-31H2,1-2H3,(H,48,52)/b20-6-/t32-,36-,38+,40+,43+,45-,46+/m0/s1. The van der Waals surface area contributed by atoms with Gasteiger partial charge in [-0.15, -0.1) is 0 Å². The lowest BCUT2D eigenvalue weighted by Gasteiger charge is -2.53. The van der Waals surface area contributed by atoms with Crippen molar-refractivity contribution in [3.05, 3.63) is 70.3 Å². The van der Waals surface area contributed by atoms with Crippen LogP contribution in [0.5, 0.6) is 5.75 Å². The zero-order chi connectivity index (χ0) is 39.4. The number of benzene rings is 2. The second kappa shape index (κ2) is 16.1. The molecule has 1 N–H and O–H groups in total. The highest BCUT2D eigenvalue weighted by Crippen LogP contribution is 2.49. The highest BCUT2D eigenvalue weighted by Gasteiger charge is 2.50. The minimum Gasteiger partial charge on any atom is -0.490 e. The summed E-state index contributed by atoms with van der Waals surface area (Å²) in [5.41, 5.74) is 3.03. The average Bonchev–Trinajstić information content (AvgIpc) is 3.31. The van der Waals surface area contributed by atoms with Gasteiger partial charge in [-0.1, -0.05) is 62.4 Å². The molecule has 1 amide bonds. The fourth-order valence-corrected chi connectivity index (χ4v) is 13.9. The Kier molecular flexibility index (Phi) is 11.2. The van der Waals surface area contributed by atoms with Crippen molar-refractivity contribution in [2.45, 2.75) is 113 Å². The maximum Gasteiger partial charge on any atom is 0.264 e. The van der Waals surface area contributed by atoms with Crippen LogP contribution in [0, 0.1) is 23.7 Å². The van der Waals surface area contributed by atoms with Gasteiger partial charge in [-0.2, -0.15) is 0 Å². The molecule has 0 aromatic heterocycles. The van der Waals surface area contributed by atoms with E-state index >= 15 is 0 Å². The van der Waals surface area contributed by atoms with E-state index in [4.69, 9.17) is 21.1 Å². The Hall–Kier alpha value is -2.63. The van der Waals surface area contributed by atoms with E-state index in [1.807, 2.05) is 32.2 Å². The maximum atomic E-state index is 14.3. The van der Waals surface area contributed by atoms with E-state index in [0.29, 0.717) is 42.9 Å². The third-order valence-corrected chi connectivity index (χ3v) is 17.7. The summed E-state index contributed by atoms with van der Waals surface area (Å²) in [4.78, 5) is 21.9. The Morgan fingerprint density at radius 3 is 2.65 bits per heavy atom. The van der Waals surface area contributed by atoms with Crippen LogP contribution < -0.4 is 14.4 Å². The van der Waals surface area contributed by atoms with Gasteiger partial charge in [-0.05, 0) is 129 Å². The lowest BCUT2D eigenvalue weighted by Crippen LogP contribution is -2.61. The molecule has 310 valence electrons. The number of ether oxygens (including phenoxy) is 2. The van der Waals surface area contributed by atoms with Crippen molar-refractivity contribution >= 4 is 33.2 Å². The number of sulfonamides is 1. The number of anilines is 1. The summed E-state index contributed by atoms with van der Waals surface area (Å²) in [5, 5.41) is 0.0900. The van der Waals surface area contributed by atoms with Crippen LogP contribution in [0.3, 0.4) is 0 Å². The van der Waals surface area contributed by atoms with E-state index in [2.05, 4.69) is 43.7 Å². The van der Waals surface area contributed by atoms with Gasteiger partial charge >= 0.3 is 0 Å². The Labute approximate surface area is 345 Å². The minimum atomic E-state index is -3.98. The largest absolute Gasteiger partial charge is 0.490 e. The molecule has 4 fully saturated rings. The molecule has 0 unspecified atom stereocenters. The number of carbonyl (C=O) groups excluding carboxylic acids is 1. The molecule has 1 spiro atoms. The third-order valence-electron chi connectivity index (χ3n) is 15.5. The van der Waals surface area contributed by atoms with Crippen LogP contribution in [0.25, 0.3) is 0 Å². The smallest absolute Gasteiger partial charge is 0.264 e. The summed E-state index contributed by atoms with van der Waals surface area (Å²) in [6, 6.07) is 12.5. The van der Waals surface area contributed by atoms with E-state index in [1.165, 1.54) is 36.9 Å². The fourth-order valence-electron chi connectivity index (χ4n) is 11.9. The SMILES string of the molecule is CO[C@@]1(CN2CCN3CCCC[C@@H]3C2)/C=C\C[C@H](C)[C@@H](CC2CCC2)S(=O)(=O)NC(=O)c2ccc3c(c2)N(C[C@@H]2CC[C@H]21)C[C@@]1(CCCc2cc(Cl)ccc21)CO3. The first kappa shape index (κ1) is 39.8. The fraction of sp³-hybridized carbons (Fsp3) is 0.674. The van der Waals surface area contributed by atoms with Crippen molar-refractivity contribution in [1.29, 1.82) is 0 Å². The van der Waals surface area contributed by atoms with Gasteiger partial charge in [-0.25, -0.2) is 13.1 Å². The third kappa shape index (κ3) is 7.80. The van der Waals surface area contributed by atoms with E-state index < -0.39 is 26.8 Å². The lowest BCUT2D eigenvalue weighted by molar-refractivity contribution is -0.100. The van der Waals surface area contributed by atoms with Crippen LogP contribution in [-0.2, 0) is 26.6 Å². The normalized spacial score (nSPS) is 35.3. The number of nitrogens with zero attached hydrogens (tertiary/aromatic N) is 3. The zero-order valence-corrected chi connectivity index (χ0v) is 35.7. The van der Waals surface area contributed by atoms with E-state index in [1.54, 1.807) is 6.07 Å². The monoisotopic (exact) mass is 818 g/mol. The van der Waals surface area contributed by atoms with Gasteiger partial charge in [0.1, 0.15) is 11.4 Å². The molecule has 4 heterocycles. The quantitative estimate of drug-likeness (QED) is 0.309. The molecule has 7 aliphatic rings. The molecule has 0 radical (unpaired) electrons. The number of piperazine rings is 1. The number of piperidine rings is 1. The van der Waals surface area contributed by atoms with Crippen molar-refractivity contribution in [2.24, 2.45) is 23.7 Å². The predicted molar refractivity (Wildman–Crippen MR) is 227 cm³/mol. The molecule has 2 saturated heterocycles. The zero-order valence-electron chi connectivity index (χ0n) is 34.1. The molecule has 11 heteroatoms. The van der Waals surface area contributed by atoms with E-state index in [9.17, 15) is 13.2 Å². The van der Waals surface area contributed by atoms with Gasteiger partial charge in [0.15, 0.2) is 0 Å². The molecular formula is C46H63ClN4O5S. The van der Waals surface area contributed by atoms with Crippen molar-refractivity contribution in [1.82, 2.24) is 14.5 Å². The number of hydrogen-bond acceptors (Lipinski definition) is 8. The Morgan fingerprint density at radius 2 is 1.86 bits per heavy atom. The number of amides is 1. The number of nitrogens with one attached hydrogen (secondary N) is 1. The lowest BCUT2D eigenvalue weighted by atomic mass is 9.63. The van der Waals surface area contributed by atoms with Crippen LogP contribution in [0.4, 0.5) is 5.69 Å². The van der Waals surface area contributed by atoms with Crippen LogP contribution in [0.15, 0.2) is 48.6 Å². The summed E-state index contributed by atoms with van der Waals surface area (Å²) in [7, 11) is -2.08. The summed E-state index contributed by atoms with van der Waals surface area (Å²) in [5.74, 6) is 1.02. The number of hydrogen-bond donors (Lipinski definition) is 1. The number of rotatable bonds is 5. The van der Waals surface area contributed by atoms with Crippen LogP contribution in [0.1, 0.15) is 105 Å². The van der Waals surface area contributed by atoms with Crippen LogP contribution in [0.2, 0.25) is 5.02 Å². The minimum absolute atomic E-state index is 0.169. The molecule has 9 rings (SSSR count). The number of fused-ring (bicyclic) bond motifs is 5. The number of methoxy groups -OCH3 is 1. The maximum absolute atomic E-state index is 14.3. The van der Waals surface area contributed by atoms with E-state index in [0.717, 1.165) is 107 Å². The number of carbonyl (C=O) groups is 1. The second-order valence-corrected chi connectivity index (χ2v) is 21.3. The van der Waals surface area contributed by atoms with Crippen molar-refractivity contribution in [2.75, 3.05) is 64.4 Å².